The third-order valence-electron chi connectivity index (χ3n) is 4.35. The fourth-order valence-corrected chi connectivity index (χ4v) is 3.23. The van der Waals surface area contributed by atoms with Gasteiger partial charge in [-0.2, -0.15) is 0 Å². The lowest BCUT2D eigenvalue weighted by molar-refractivity contribution is -0.0295. The lowest BCUT2D eigenvalue weighted by Crippen LogP contribution is -2.48. The molecular weight excluding hydrogens is 300 g/mol. The number of nitrogens with zero attached hydrogens (tertiary/aromatic N) is 1. The molecule has 0 bridgehead atoms. The van der Waals surface area contributed by atoms with Crippen LogP contribution in [0.2, 0.25) is 0 Å². The van der Waals surface area contributed by atoms with Crippen molar-refractivity contribution in [1.82, 2.24) is 10.2 Å². The Balaban J connectivity index is 1.56. The molecule has 0 saturated carbocycles. The first-order valence-electron chi connectivity index (χ1n) is 8.73. The minimum Gasteiger partial charge on any atom is -0.374 e. The molecule has 1 N–H and O–H groups in total. The minimum absolute atomic E-state index is 0.0367. The number of benzene rings is 2. The smallest absolute Gasteiger partial charge is 0.251 e. The van der Waals surface area contributed by atoms with Crippen molar-refractivity contribution in [3.05, 3.63) is 48.0 Å². The van der Waals surface area contributed by atoms with Gasteiger partial charge in [0.1, 0.15) is 0 Å². The van der Waals surface area contributed by atoms with Gasteiger partial charge in [0.2, 0.25) is 0 Å². The Morgan fingerprint density at radius 1 is 1.25 bits per heavy atom. The van der Waals surface area contributed by atoms with E-state index in [1.165, 1.54) is 0 Å². The Bertz CT molecular complexity index is 699. The van der Waals surface area contributed by atoms with Crippen LogP contribution in [-0.4, -0.2) is 49.7 Å². The molecule has 1 saturated heterocycles. The molecule has 1 fully saturated rings. The minimum atomic E-state index is -0.0367. The molecule has 3 rings (SSSR count). The van der Waals surface area contributed by atoms with E-state index in [2.05, 4.69) is 30.1 Å². The number of amides is 1. The third kappa shape index (κ3) is 4.34. The van der Waals surface area contributed by atoms with Crippen molar-refractivity contribution in [2.24, 2.45) is 5.92 Å². The summed E-state index contributed by atoms with van der Waals surface area (Å²) < 4.78 is 5.79. The third-order valence-corrected chi connectivity index (χ3v) is 4.35. The normalized spacial score (nSPS) is 18.9. The summed E-state index contributed by atoms with van der Waals surface area (Å²) in [7, 11) is 0. The average molecular weight is 326 g/mol. The average Bonchev–Trinajstić information content (AvgIpc) is 2.59. The fraction of sp³-hybridized carbons (Fsp3) is 0.450. The molecule has 0 aromatic heterocycles. The van der Waals surface area contributed by atoms with Gasteiger partial charge in [-0.15, -0.1) is 0 Å². The van der Waals surface area contributed by atoms with Crippen LogP contribution >= 0.6 is 0 Å². The van der Waals surface area contributed by atoms with Gasteiger partial charge in [0.05, 0.1) is 12.7 Å². The van der Waals surface area contributed by atoms with Crippen molar-refractivity contribution >= 4 is 16.7 Å². The first kappa shape index (κ1) is 16.9. The van der Waals surface area contributed by atoms with Crippen molar-refractivity contribution in [3.8, 4) is 0 Å². The predicted molar refractivity (Wildman–Crippen MR) is 97.3 cm³/mol. The van der Waals surface area contributed by atoms with Crippen LogP contribution in [0.4, 0.5) is 0 Å². The first-order chi connectivity index (χ1) is 11.6. The maximum Gasteiger partial charge on any atom is 0.251 e. The number of morpholine rings is 1. The van der Waals surface area contributed by atoms with Crippen molar-refractivity contribution in [3.63, 3.8) is 0 Å². The van der Waals surface area contributed by atoms with E-state index in [9.17, 15) is 4.79 Å². The highest BCUT2D eigenvalue weighted by Gasteiger charge is 2.21. The van der Waals surface area contributed by atoms with Crippen LogP contribution in [0.25, 0.3) is 10.8 Å². The number of rotatable bonds is 5. The Morgan fingerprint density at radius 3 is 2.83 bits per heavy atom. The van der Waals surface area contributed by atoms with Gasteiger partial charge in [-0.1, -0.05) is 44.2 Å². The maximum absolute atomic E-state index is 12.4. The molecule has 1 amide bonds. The van der Waals surface area contributed by atoms with E-state index in [0.29, 0.717) is 18.0 Å². The molecule has 4 nitrogen and oxygen atoms in total. The van der Waals surface area contributed by atoms with Crippen LogP contribution in [0.1, 0.15) is 24.2 Å². The van der Waals surface area contributed by atoms with E-state index >= 15 is 0 Å². The lowest BCUT2D eigenvalue weighted by atomic mass is 10.1. The largest absolute Gasteiger partial charge is 0.374 e. The van der Waals surface area contributed by atoms with Gasteiger partial charge in [0.15, 0.2) is 0 Å². The number of nitrogens with one attached hydrogen (secondary N) is 1. The second-order valence-corrected chi connectivity index (χ2v) is 6.92. The monoisotopic (exact) mass is 326 g/mol. The number of hydrogen-bond acceptors (Lipinski definition) is 3. The number of carbonyl (C=O) groups excluding carboxylic acids is 1. The second-order valence-electron chi connectivity index (χ2n) is 6.92. The lowest BCUT2D eigenvalue weighted by Gasteiger charge is -2.33. The van der Waals surface area contributed by atoms with Crippen molar-refractivity contribution in [1.29, 1.82) is 0 Å². The van der Waals surface area contributed by atoms with Crippen LogP contribution in [0, 0.1) is 5.92 Å². The molecule has 0 aliphatic carbocycles. The molecule has 1 aliphatic rings. The second kappa shape index (κ2) is 7.77. The van der Waals surface area contributed by atoms with Crippen LogP contribution in [0.15, 0.2) is 42.5 Å². The van der Waals surface area contributed by atoms with Gasteiger partial charge in [-0.3, -0.25) is 9.69 Å². The van der Waals surface area contributed by atoms with E-state index in [-0.39, 0.29) is 12.0 Å². The quantitative estimate of drug-likeness (QED) is 0.918. The van der Waals surface area contributed by atoms with Crippen molar-refractivity contribution in [2.45, 2.75) is 20.0 Å². The molecular formula is C20H26N2O2. The highest BCUT2D eigenvalue weighted by Crippen LogP contribution is 2.15. The number of carbonyl (C=O) groups is 1. The van der Waals surface area contributed by atoms with E-state index in [1.54, 1.807) is 0 Å². The Hall–Kier alpha value is -1.91. The number of hydrogen-bond donors (Lipinski definition) is 1. The first-order valence-corrected chi connectivity index (χ1v) is 8.73. The van der Waals surface area contributed by atoms with E-state index in [0.717, 1.165) is 37.0 Å². The summed E-state index contributed by atoms with van der Waals surface area (Å²) in [5.41, 5.74) is 0.698. The maximum atomic E-state index is 12.4. The Labute approximate surface area is 143 Å². The van der Waals surface area contributed by atoms with E-state index < -0.39 is 0 Å². The predicted octanol–water partition coefficient (Wildman–Crippen LogP) is 2.93. The molecule has 128 valence electrons. The highest BCUT2D eigenvalue weighted by molar-refractivity contribution is 5.98. The van der Waals surface area contributed by atoms with E-state index in [4.69, 9.17) is 4.74 Å². The van der Waals surface area contributed by atoms with Gasteiger partial charge >= 0.3 is 0 Å². The zero-order chi connectivity index (χ0) is 16.9. The fourth-order valence-electron chi connectivity index (χ4n) is 3.23. The van der Waals surface area contributed by atoms with E-state index in [1.807, 2.05) is 36.4 Å². The van der Waals surface area contributed by atoms with Gasteiger partial charge in [-0.05, 0) is 28.8 Å². The molecule has 2 aromatic rings. The summed E-state index contributed by atoms with van der Waals surface area (Å²) in [6.45, 7) is 8.70. The molecule has 1 aliphatic heterocycles. The Morgan fingerprint density at radius 2 is 2.04 bits per heavy atom. The zero-order valence-electron chi connectivity index (χ0n) is 14.5. The molecule has 24 heavy (non-hydrogen) atoms. The van der Waals surface area contributed by atoms with Crippen LogP contribution < -0.4 is 5.32 Å². The number of fused-ring (bicyclic) bond motifs is 1. The summed E-state index contributed by atoms with van der Waals surface area (Å²) >= 11 is 0. The number of ether oxygens (including phenoxy) is 1. The standard InChI is InChI=1S/C20H26N2O2/c1-15(2)13-22-9-10-24-19(14-22)12-21-20(23)18-8-7-16-5-3-4-6-17(16)11-18/h3-8,11,15,19H,9-10,12-14H2,1-2H3,(H,21,23)/t19-/m0/s1. The van der Waals surface area contributed by atoms with Gasteiger partial charge in [0.25, 0.3) is 5.91 Å². The summed E-state index contributed by atoms with van der Waals surface area (Å²) in [5, 5.41) is 5.25. The molecule has 0 spiro atoms. The summed E-state index contributed by atoms with van der Waals surface area (Å²) in [5.74, 6) is 0.612. The molecule has 0 radical (unpaired) electrons. The summed E-state index contributed by atoms with van der Waals surface area (Å²) in [6.07, 6.45) is 0.0712. The molecule has 0 unspecified atom stereocenters. The van der Waals surface area contributed by atoms with Gasteiger partial charge in [0, 0.05) is 31.7 Å². The molecule has 4 heteroatoms. The van der Waals surface area contributed by atoms with Crippen LogP contribution in [0.3, 0.4) is 0 Å². The zero-order valence-corrected chi connectivity index (χ0v) is 14.5. The summed E-state index contributed by atoms with van der Waals surface area (Å²) in [6, 6.07) is 13.9. The van der Waals surface area contributed by atoms with Gasteiger partial charge < -0.3 is 10.1 Å². The highest BCUT2D eigenvalue weighted by atomic mass is 16.5. The molecule has 1 atom stereocenters. The SMILES string of the molecule is CC(C)CN1CCO[C@@H](CNC(=O)c2ccc3ccccc3c2)C1. The Kier molecular flexibility index (Phi) is 5.48. The van der Waals surface area contributed by atoms with Crippen molar-refractivity contribution in [2.75, 3.05) is 32.8 Å². The van der Waals surface area contributed by atoms with Crippen LogP contribution in [0.5, 0.6) is 0 Å². The summed E-state index contributed by atoms with van der Waals surface area (Å²) in [4.78, 5) is 14.8. The van der Waals surface area contributed by atoms with Crippen LogP contribution in [-0.2, 0) is 4.74 Å². The molecule has 1 heterocycles. The van der Waals surface area contributed by atoms with Gasteiger partial charge in [-0.25, -0.2) is 0 Å². The topological polar surface area (TPSA) is 41.6 Å². The molecule has 2 aromatic carbocycles. The van der Waals surface area contributed by atoms with Crippen molar-refractivity contribution < 1.29 is 9.53 Å².